The van der Waals surface area contributed by atoms with Crippen molar-refractivity contribution in [3.05, 3.63) is 30.1 Å². The van der Waals surface area contributed by atoms with Gasteiger partial charge in [0.25, 0.3) is 0 Å². The van der Waals surface area contributed by atoms with Crippen molar-refractivity contribution in [1.82, 2.24) is 5.32 Å². The van der Waals surface area contributed by atoms with E-state index >= 15 is 0 Å². The molecule has 0 bridgehead atoms. The molecule has 4 nitrogen and oxygen atoms in total. The van der Waals surface area contributed by atoms with E-state index in [-0.39, 0.29) is 30.8 Å². The number of carbonyl (C=O) groups is 1. The first-order chi connectivity index (χ1) is 9.38. The van der Waals surface area contributed by atoms with Crippen LogP contribution >= 0.6 is 0 Å². The fourth-order valence-corrected chi connectivity index (χ4v) is 1.96. The van der Waals surface area contributed by atoms with Crippen molar-refractivity contribution in [1.29, 1.82) is 0 Å². The van der Waals surface area contributed by atoms with Crippen LogP contribution in [0.2, 0.25) is 0 Å². The van der Waals surface area contributed by atoms with Gasteiger partial charge in [-0.2, -0.15) is 0 Å². The summed E-state index contributed by atoms with van der Waals surface area (Å²) >= 11 is 0. The Morgan fingerprint density at radius 3 is 2.75 bits per heavy atom. The third-order valence-electron chi connectivity index (χ3n) is 3.32. The summed E-state index contributed by atoms with van der Waals surface area (Å²) in [7, 11) is 0. The molecule has 0 aromatic heterocycles. The highest BCUT2D eigenvalue weighted by Crippen LogP contribution is 2.12. The Morgan fingerprint density at radius 2 is 2.20 bits per heavy atom. The molecule has 2 atom stereocenters. The number of carbonyl (C=O) groups excluding carboxylic acids is 1. The SMILES string of the molecule is CCC(C)(CO)NC(C)CC(=O)Nc1cccc(F)c1. The lowest BCUT2D eigenvalue weighted by molar-refractivity contribution is -0.116. The van der Waals surface area contributed by atoms with Gasteiger partial charge in [0.2, 0.25) is 5.91 Å². The van der Waals surface area contributed by atoms with Gasteiger partial charge in [0, 0.05) is 23.7 Å². The Balaban J connectivity index is 2.50. The van der Waals surface area contributed by atoms with Crippen molar-refractivity contribution in [2.24, 2.45) is 0 Å². The molecule has 5 heteroatoms. The van der Waals surface area contributed by atoms with Crippen molar-refractivity contribution < 1.29 is 14.3 Å². The highest BCUT2D eigenvalue weighted by molar-refractivity contribution is 5.91. The van der Waals surface area contributed by atoms with Gasteiger partial charge in [-0.1, -0.05) is 13.0 Å². The molecule has 0 aliphatic rings. The number of aliphatic hydroxyl groups is 1. The van der Waals surface area contributed by atoms with Crippen LogP contribution < -0.4 is 10.6 Å². The third kappa shape index (κ3) is 5.27. The van der Waals surface area contributed by atoms with Gasteiger partial charge in [-0.25, -0.2) is 4.39 Å². The lowest BCUT2D eigenvalue weighted by Crippen LogP contribution is -2.50. The summed E-state index contributed by atoms with van der Waals surface area (Å²) < 4.78 is 13.0. The van der Waals surface area contributed by atoms with E-state index in [1.165, 1.54) is 12.1 Å². The van der Waals surface area contributed by atoms with Crippen molar-refractivity contribution in [3.63, 3.8) is 0 Å². The molecule has 0 fully saturated rings. The molecule has 0 aliphatic carbocycles. The summed E-state index contributed by atoms with van der Waals surface area (Å²) in [5, 5.41) is 15.2. The summed E-state index contributed by atoms with van der Waals surface area (Å²) in [4.78, 5) is 11.9. The van der Waals surface area contributed by atoms with Crippen LogP contribution in [0.5, 0.6) is 0 Å². The van der Waals surface area contributed by atoms with E-state index in [0.29, 0.717) is 5.69 Å². The molecule has 1 aromatic carbocycles. The van der Waals surface area contributed by atoms with Gasteiger partial charge in [0.05, 0.1) is 6.61 Å². The maximum absolute atomic E-state index is 13.0. The summed E-state index contributed by atoms with van der Waals surface area (Å²) in [6.07, 6.45) is 1.02. The first-order valence-corrected chi connectivity index (χ1v) is 6.82. The second-order valence-electron chi connectivity index (χ2n) is 5.38. The molecule has 112 valence electrons. The standard InChI is InChI=1S/C15H23FN2O2/c1-4-15(3,10-19)18-11(2)8-14(20)17-13-7-5-6-12(16)9-13/h5-7,9,11,18-19H,4,8,10H2,1-3H3,(H,17,20). The fourth-order valence-electron chi connectivity index (χ4n) is 1.96. The normalized spacial score (nSPS) is 15.4. The van der Waals surface area contributed by atoms with Crippen molar-refractivity contribution in [2.45, 2.75) is 45.2 Å². The number of aliphatic hydroxyl groups excluding tert-OH is 1. The Kier molecular flexibility index (Phi) is 6.10. The second-order valence-corrected chi connectivity index (χ2v) is 5.38. The summed E-state index contributed by atoms with van der Waals surface area (Å²) in [5.41, 5.74) is 0.0565. The minimum atomic E-state index is -0.390. The fraction of sp³-hybridized carbons (Fsp3) is 0.533. The smallest absolute Gasteiger partial charge is 0.225 e. The van der Waals surface area contributed by atoms with Gasteiger partial charge >= 0.3 is 0 Å². The largest absolute Gasteiger partial charge is 0.394 e. The molecule has 0 saturated heterocycles. The second kappa shape index (κ2) is 7.36. The van der Waals surface area contributed by atoms with E-state index in [1.807, 2.05) is 20.8 Å². The summed E-state index contributed by atoms with van der Waals surface area (Å²) in [6.45, 7) is 5.78. The molecule has 0 aliphatic heterocycles. The average molecular weight is 282 g/mol. The highest BCUT2D eigenvalue weighted by atomic mass is 19.1. The zero-order valence-electron chi connectivity index (χ0n) is 12.2. The Morgan fingerprint density at radius 1 is 1.50 bits per heavy atom. The minimum absolute atomic E-state index is 0.0132. The van der Waals surface area contributed by atoms with Gasteiger partial charge in [0.15, 0.2) is 0 Å². The van der Waals surface area contributed by atoms with Crippen LogP contribution in [0.3, 0.4) is 0 Å². The van der Waals surface area contributed by atoms with Crippen LogP contribution in [0.25, 0.3) is 0 Å². The summed E-state index contributed by atoms with van der Waals surface area (Å²) in [6, 6.07) is 5.71. The Bertz CT molecular complexity index is 447. The molecule has 0 heterocycles. The van der Waals surface area contributed by atoms with Gasteiger partial charge in [-0.05, 0) is 38.5 Å². The van der Waals surface area contributed by atoms with E-state index in [4.69, 9.17) is 0 Å². The molecule has 0 saturated carbocycles. The number of halogens is 1. The number of rotatable bonds is 7. The van der Waals surface area contributed by atoms with Crippen molar-refractivity contribution in [3.8, 4) is 0 Å². The van der Waals surface area contributed by atoms with Gasteiger partial charge < -0.3 is 15.7 Å². The third-order valence-corrected chi connectivity index (χ3v) is 3.32. The highest BCUT2D eigenvalue weighted by Gasteiger charge is 2.23. The molecule has 3 N–H and O–H groups in total. The maximum Gasteiger partial charge on any atom is 0.225 e. The van der Waals surface area contributed by atoms with E-state index in [2.05, 4.69) is 10.6 Å². The van der Waals surface area contributed by atoms with Crippen LogP contribution in [-0.4, -0.2) is 29.2 Å². The van der Waals surface area contributed by atoms with Crippen LogP contribution in [-0.2, 0) is 4.79 Å². The van der Waals surface area contributed by atoms with E-state index in [0.717, 1.165) is 6.42 Å². The first kappa shape index (κ1) is 16.6. The van der Waals surface area contributed by atoms with Crippen LogP contribution in [0.1, 0.15) is 33.6 Å². The van der Waals surface area contributed by atoms with Crippen LogP contribution in [0.15, 0.2) is 24.3 Å². The van der Waals surface area contributed by atoms with Gasteiger partial charge in [-0.3, -0.25) is 4.79 Å². The monoisotopic (exact) mass is 282 g/mol. The van der Waals surface area contributed by atoms with E-state index in [9.17, 15) is 14.3 Å². The average Bonchev–Trinajstić information content (AvgIpc) is 2.38. The van der Waals surface area contributed by atoms with Crippen molar-refractivity contribution >= 4 is 11.6 Å². The Hall–Kier alpha value is -1.46. The molecule has 0 radical (unpaired) electrons. The van der Waals surface area contributed by atoms with E-state index in [1.54, 1.807) is 12.1 Å². The number of amides is 1. The molecule has 0 spiro atoms. The molecule has 1 aromatic rings. The van der Waals surface area contributed by atoms with Crippen molar-refractivity contribution in [2.75, 3.05) is 11.9 Å². The maximum atomic E-state index is 13.0. The van der Waals surface area contributed by atoms with E-state index < -0.39 is 5.54 Å². The summed E-state index contributed by atoms with van der Waals surface area (Å²) in [5.74, 6) is -0.570. The minimum Gasteiger partial charge on any atom is -0.394 e. The molecular formula is C15H23FN2O2. The van der Waals surface area contributed by atoms with Crippen LogP contribution in [0.4, 0.5) is 10.1 Å². The molecule has 1 rings (SSSR count). The number of nitrogens with one attached hydrogen (secondary N) is 2. The van der Waals surface area contributed by atoms with Gasteiger partial charge in [-0.15, -0.1) is 0 Å². The Labute approximate surface area is 119 Å². The molecular weight excluding hydrogens is 259 g/mol. The van der Waals surface area contributed by atoms with Crippen LogP contribution in [0, 0.1) is 5.82 Å². The lowest BCUT2D eigenvalue weighted by atomic mass is 9.98. The number of benzene rings is 1. The molecule has 1 amide bonds. The quantitative estimate of drug-likeness (QED) is 0.719. The van der Waals surface area contributed by atoms with Gasteiger partial charge in [0.1, 0.15) is 5.82 Å². The number of anilines is 1. The zero-order chi connectivity index (χ0) is 15.2. The number of hydrogen-bond acceptors (Lipinski definition) is 3. The number of hydrogen-bond donors (Lipinski definition) is 3. The molecule has 20 heavy (non-hydrogen) atoms. The molecule has 2 unspecified atom stereocenters. The predicted octanol–water partition coefficient (Wildman–Crippen LogP) is 2.29. The first-order valence-electron chi connectivity index (χ1n) is 6.82. The topological polar surface area (TPSA) is 61.4 Å². The predicted molar refractivity (Wildman–Crippen MR) is 78.0 cm³/mol. The lowest BCUT2D eigenvalue weighted by Gasteiger charge is -2.31. The zero-order valence-corrected chi connectivity index (χ0v) is 12.2.